The standard InChI is InChI=1S/C14H13F3N2/c1-9(2)12-4-3-10(5-13(12)14(15,16)17)11-6-18-8-19-7-11/h3-9H,1-2H3. The third-order valence-electron chi connectivity index (χ3n) is 2.87. The first-order valence-electron chi connectivity index (χ1n) is 5.86. The third kappa shape index (κ3) is 2.92. The van der Waals surface area contributed by atoms with Crippen LogP contribution in [0.2, 0.25) is 0 Å². The molecule has 0 atom stereocenters. The van der Waals surface area contributed by atoms with Crippen molar-refractivity contribution in [1.82, 2.24) is 9.97 Å². The van der Waals surface area contributed by atoms with Crippen LogP contribution in [0.3, 0.4) is 0 Å². The van der Waals surface area contributed by atoms with Crippen LogP contribution in [0.1, 0.15) is 30.9 Å². The lowest BCUT2D eigenvalue weighted by Gasteiger charge is -2.16. The van der Waals surface area contributed by atoms with Crippen LogP contribution in [0, 0.1) is 0 Å². The van der Waals surface area contributed by atoms with Gasteiger partial charge in [0.2, 0.25) is 0 Å². The Labute approximate surface area is 109 Å². The number of hydrogen-bond acceptors (Lipinski definition) is 2. The van der Waals surface area contributed by atoms with Crippen molar-refractivity contribution in [3.63, 3.8) is 0 Å². The summed E-state index contributed by atoms with van der Waals surface area (Å²) in [6, 6.07) is 4.35. The molecule has 0 spiro atoms. The second-order valence-electron chi connectivity index (χ2n) is 4.58. The molecule has 0 amide bonds. The molecule has 0 fully saturated rings. The van der Waals surface area contributed by atoms with Gasteiger partial charge in [0.05, 0.1) is 5.56 Å². The van der Waals surface area contributed by atoms with Crippen molar-refractivity contribution in [2.45, 2.75) is 25.9 Å². The summed E-state index contributed by atoms with van der Waals surface area (Å²) in [6.07, 6.45) is -0.0169. The van der Waals surface area contributed by atoms with Gasteiger partial charge in [-0.3, -0.25) is 0 Å². The molecule has 0 saturated heterocycles. The van der Waals surface area contributed by atoms with Gasteiger partial charge in [-0.1, -0.05) is 26.0 Å². The van der Waals surface area contributed by atoms with E-state index in [9.17, 15) is 13.2 Å². The first-order chi connectivity index (χ1) is 8.89. The first-order valence-corrected chi connectivity index (χ1v) is 5.86. The Morgan fingerprint density at radius 2 is 1.63 bits per heavy atom. The summed E-state index contributed by atoms with van der Waals surface area (Å²) in [5.74, 6) is -0.183. The highest BCUT2D eigenvalue weighted by molar-refractivity contribution is 5.63. The Morgan fingerprint density at radius 1 is 1.00 bits per heavy atom. The molecule has 1 heterocycles. The normalized spacial score (nSPS) is 11.9. The van der Waals surface area contributed by atoms with Crippen molar-refractivity contribution in [2.24, 2.45) is 0 Å². The molecule has 1 aromatic carbocycles. The van der Waals surface area contributed by atoms with Gasteiger partial charge in [0.1, 0.15) is 6.33 Å². The van der Waals surface area contributed by atoms with Gasteiger partial charge in [0.15, 0.2) is 0 Å². The number of rotatable bonds is 2. The maximum Gasteiger partial charge on any atom is 0.416 e. The Balaban J connectivity index is 2.57. The quantitative estimate of drug-likeness (QED) is 0.810. The monoisotopic (exact) mass is 266 g/mol. The molecule has 19 heavy (non-hydrogen) atoms. The smallest absolute Gasteiger partial charge is 0.244 e. The number of hydrogen-bond donors (Lipinski definition) is 0. The van der Waals surface area contributed by atoms with Crippen molar-refractivity contribution >= 4 is 0 Å². The van der Waals surface area contributed by atoms with Gasteiger partial charge < -0.3 is 0 Å². The van der Waals surface area contributed by atoms with Crippen molar-refractivity contribution in [3.8, 4) is 11.1 Å². The third-order valence-corrected chi connectivity index (χ3v) is 2.87. The number of nitrogens with zero attached hydrogens (tertiary/aromatic N) is 2. The molecule has 2 aromatic rings. The van der Waals surface area contributed by atoms with E-state index >= 15 is 0 Å². The summed E-state index contributed by atoms with van der Waals surface area (Å²) in [5, 5.41) is 0. The van der Waals surface area contributed by atoms with Crippen LogP contribution in [-0.4, -0.2) is 9.97 Å². The zero-order valence-electron chi connectivity index (χ0n) is 10.6. The van der Waals surface area contributed by atoms with Crippen LogP contribution in [0.15, 0.2) is 36.9 Å². The minimum absolute atomic E-state index is 0.183. The van der Waals surface area contributed by atoms with Crippen molar-refractivity contribution < 1.29 is 13.2 Å². The van der Waals surface area contributed by atoms with Crippen LogP contribution >= 0.6 is 0 Å². The molecule has 0 aliphatic rings. The first kappa shape index (κ1) is 13.5. The molecule has 5 heteroatoms. The zero-order chi connectivity index (χ0) is 14.0. The Morgan fingerprint density at radius 3 is 2.16 bits per heavy atom. The van der Waals surface area contributed by atoms with E-state index in [0.29, 0.717) is 16.7 Å². The molecule has 0 bridgehead atoms. The zero-order valence-corrected chi connectivity index (χ0v) is 10.6. The predicted molar refractivity (Wildman–Crippen MR) is 66.6 cm³/mol. The molecule has 0 unspecified atom stereocenters. The van der Waals surface area contributed by atoms with E-state index in [1.54, 1.807) is 19.9 Å². The van der Waals surface area contributed by atoms with Gasteiger partial charge in [-0.15, -0.1) is 0 Å². The highest BCUT2D eigenvalue weighted by Gasteiger charge is 2.34. The number of benzene rings is 1. The van der Waals surface area contributed by atoms with Gasteiger partial charge in [-0.05, 0) is 23.1 Å². The maximum absolute atomic E-state index is 13.1. The summed E-state index contributed by atoms with van der Waals surface area (Å²) in [5.41, 5.74) is 0.748. The average Bonchev–Trinajstić information content (AvgIpc) is 2.38. The number of aromatic nitrogens is 2. The fourth-order valence-electron chi connectivity index (χ4n) is 1.93. The van der Waals surface area contributed by atoms with E-state index in [2.05, 4.69) is 9.97 Å². The van der Waals surface area contributed by atoms with Crippen LogP contribution in [0.4, 0.5) is 13.2 Å². The Bertz CT molecular complexity index is 563. The van der Waals surface area contributed by atoms with Gasteiger partial charge in [0.25, 0.3) is 0 Å². The van der Waals surface area contributed by atoms with Gasteiger partial charge in [-0.25, -0.2) is 9.97 Å². The SMILES string of the molecule is CC(C)c1ccc(-c2cncnc2)cc1C(F)(F)F. The summed E-state index contributed by atoms with van der Waals surface area (Å²) in [4.78, 5) is 7.64. The minimum atomic E-state index is -4.36. The van der Waals surface area contributed by atoms with E-state index in [1.165, 1.54) is 24.8 Å². The fourth-order valence-corrected chi connectivity index (χ4v) is 1.93. The van der Waals surface area contributed by atoms with Gasteiger partial charge in [0, 0.05) is 18.0 Å². The van der Waals surface area contributed by atoms with E-state index in [-0.39, 0.29) is 5.92 Å². The molecule has 0 aliphatic heterocycles. The second kappa shape index (κ2) is 4.99. The van der Waals surface area contributed by atoms with E-state index in [4.69, 9.17) is 0 Å². The lowest BCUT2D eigenvalue weighted by molar-refractivity contribution is -0.138. The predicted octanol–water partition coefficient (Wildman–Crippen LogP) is 4.29. The maximum atomic E-state index is 13.1. The highest BCUT2D eigenvalue weighted by Crippen LogP contribution is 2.37. The largest absolute Gasteiger partial charge is 0.416 e. The van der Waals surface area contributed by atoms with Crippen molar-refractivity contribution in [1.29, 1.82) is 0 Å². The van der Waals surface area contributed by atoms with Gasteiger partial charge >= 0.3 is 6.18 Å². The van der Waals surface area contributed by atoms with Crippen molar-refractivity contribution in [2.75, 3.05) is 0 Å². The van der Waals surface area contributed by atoms with E-state index < -0.39 is 11.7 Å². The van der Waals surface area contributed by atoms with Crippen LogP contribution < -0.4 is 0 Å². The fraction of sp³-hybridized carbons (Fsp3) is 0.286. The molecule has 0 N–H and O–H groups in total. The molecule has 0 saturated carbocycles. The summed E-state index contributed by atoms with van der Waals surface area (Å²) in [7, 11) is 0. The summed E-state index contributed by atoms with van der Waals surface area (Å²) >= 11 is 0. The Hall–Kier alpha value is -1.91. The summed E-state index contributed by atoms with van der Waals surface area (Å²) < 4.78 is 39.2. The highest BCUT2D eigenvalue weighted by atomic mass is 19.4. The average molecular weight is 266 g/mol. The topological polar surface area (TPSA) is 25.8 Å². The van der Waals surface area contributed by atoms with Crippen LogP contribution in [0.25, 0.3) is 11.1 Å². The van der Waals surface area contributed by atoms with Crippen LogP contribution in [-0.2, 0) is 6.18 Å². The molecular formula is C14H13F3N2. The van der Waals surface area contributed by atoms with E-state index in [0.717, 1.165) is 6.07 Å². The molecular weight excluding hydrogens is 253 g/mol. The summed E-state index contributed by atoms with van der Waals surface area (Å²) in [6.45, 7) is 3.49. The number of halogens is 3. The molecule has 2 rings (SSSR count). The van der Waals surface area contributed by atoms with E-state index in [1.807, 2.05) is 0 Å². The number of alkyl halides is 3. The lowest BCUT2D eigenvalue weighted by Crippen LogP contribution is -2.10. The minimum Gasteiger partial charge on any atom is -0.244 e. The molecule has 1 aromatic heterocycles. The lowest BCUT2D eigenvalue weighted by atomic mass is 9.93. The molecule has 2 nitrogen and oxygen atoms in total. The van der Waals surface area contributed by atoms with Gasteiger partial charge in [-0.2, -0.15) is 13.2 Å². The van der Waals surface area contributed by atoms with Crippen LogP contribution in [0.5, 0.6) is 0 Å². The Kier molecular flexibility index (Phi) is 3.55. The molecule has 0 aliphatic carbocycles. The molecule has 0 radical (unpaired) electrons. The second-order valence-corrected chi connectivity index (χ2v) is 4.58. The molecule has 100 valence electrons. The van der Waals surface area contributed by atoms with Crippen molar-refractivity contribution in [3.05, 3.63) is 48.0 Å².